The van der Waals surface area contributed by atoms with Gasteiger partial charge in [-0.2, -0.15) is 0 Å². The van der Waals surface area contributed by atoms with E-state index in [1.807, 2.05) is 6.08 Å². The molecule has 3 N–H and O–H groups in total. The summed E-state index contributed by atoms with van der Waals surface area (Å²) in [5.41, 5.74) is 5.11. The largest absolute Gasteiger partial charge is 0.508 e. The van der Waals surface area contributed by atoms with E-state index in [0.717, 1.165) is 4.91 Å². The van der Waals surface area contributed by atoms with Crippen molar-refractivity contribution in [3.05, 3.63) is 11.0 Å². The molecule has 1 rings (SSSR count). The van der Waals surface area contributed by atoms with E-state index < -0.39 is 24.3 Å². The first-order valence-electron chi connectivity index (χ1n) is 6.68. The average molecular weight is 332 g/mol. The molecular formula is C13H20N2O6S. The second-order valence-electron chi connectivity index (χ2n) is 4.49. The average Bonchev–Trinajstić information content (AvgIpc) is 2.84. The van der Waals surface area contributed by atoms with Crippen LogP contribution in [0.3, 0.4) is 0 Å². The summed E-state index contributed by atoms with van der Waals surface area (Å²) in [6.07, 6.45) is 1.98. The molecule has 8 nitrogen and oxygen atoms in total. The molecule has 9 heteroatoms. The molecule has 1 aliphatic rings. The number of urea groups is 1. The van der Waals surface area contributed by atoms with Crippen LogP contribution < -0.4 is 11.1 Å². The van der Waals surface area contributed by atoms with Gasteiger partial charge < -0.3 is 25.3 Å². The number of hydrogen-bond acceptors (Lipinski definition) is 7. The van der Waals surface area contributed by atoms with Crippen LogP contribution in [-0.2, 0) is 19.0 Å². The predicted octanol–water partition coefficient (Wildman–Crippen LogP) is 1.15. The number of carbonyl (C=O) groups is 3. The third-order valence-electron chi connectivity index (χ3n) is 2.95. The lowest BCUT2D eigenvalue weighted by Crippen LogP contribution is -2.46. The van der Waals surface area contributed by atoms with Crippen LogP contribution in [0.2, 0.25) is 0 Å². The van der Waals surface area contributed by atoms with Gasteiger partial charge in [0, 0.05) is 17.1 Å². The first-order chi connectivity index (χ1) is 10.5. The highest BCUT2D eigenvalue weighted by molar-refractivity contribution is 8.03. The van der Waals surface area contributed by atoms with Gasteiger partial charge in [-0.05, 0) is 12.8 Å². The Balaban J connectivity index is 2.63. The van der Waals surface area contributed by atoms with Crippen LogP contribution in [0.15, 0.2) is 11.0 Å². The minimum absolute atomic E-state index is 0.270. The zero-order chi connectivity index (χ0) is 16.5. The van der Waals surface area contributed by atoms with Crippen molar-refractivity contribution < 1.29 is 28.6 Å². The number of nitrogens with two attached hydrogens (primary N) is 1. The number of hydrogen-bond donors (Lipinski definition) is 2. The summed E-state index contributed by atoms with van der Waals surface area (Å²) in [7, 11) is 2.55. The van der Waals surface area contributed by atoms with Crippen molar-refractivity contribution in [2.75, 3.05) is 20.0 Å². The van der Waals surface area contributed by atoms with E-state index in [1.165, 1.54) is 26.0 Å². The molecule has 0 saturated carbocycles. The Labute approximate surface area is 132 Å². The van der Waals surface area contributed by atoms with Crippen molar-refractivity contribution in [2.45, 2.75) is 31.4 Å². The van der Waals surface area contributed by atoms with E-state index in [0.29, 0.717) is 25.0 Å². The maximum atomic E-state index is 11.3. The summed E-state index contributed by atoms with van der Waals surface area (Å²) in [6.45, 7) is 0. The first-order valence-corrected chi connectivity index (χ1v) is 7.66. The van der Waals surface area contributed by atoms with Crippen molar-refractivity contribution in [1.29, 1.82) is 0 Å². The Morgan fingerprint density at radius 3 is 2.68 bits per heavy atom. The Bertz CT molecular complexity index is 454. The number of allylic oxidation sites excluding steroid dienone is 1. The van der Waals surface area contributed by atoms with Crippen LogP contribution in [-0.4, -0.2) is 50.3 Å². The highest BCUT2D eigenvalue weighted by Gasteiger charge is 2.36. The third kappa shape index (κ3) is 5.84. The van der Waals surface area contributed by atoms with Crippen LogP contribution in [0.1, 0.15) is 19.3 Å². The molecule has 1 fully saturated rings. The highest BCUT2D eigenvalue weighted by atomic mass is 32.2. The van der Waals surface area contributed by atoms with Gasteiger partial charge in [0.25, 0.3) is 0 Å². The molecule has 0 bridgehead atoms. The minimum atomic E-state index is -0.829. The second kappa shape index (κ2) is 9.19. The smallest absolute Gasteiger partial charge is 0.469 e. The van der Waals surface area contributed by atoms with Gasteiger partial charge in [-0.1, -0.05) is 6.08 Å². The minimum Gasteiger partial charge on any atom is -0.469 e. The van der Waals surface area contributed by atoms with E-state index in [9.17, 15) is 14.4 Å². The summed E-state index contributed by atoms with van der Waals surface area (Å²) in [5, 5.41) is 2.54. The standard InChI is InChI=1S/C13H20N2O6S/c1-19-10(16)6-4-3-5-9-11(21-13(18)20-2)8(7-22-9)15-12(14)17/h5,8,11H,3-4,6-7H2,1-2H3,(H3,14,15,17)/b9-5-/t8-,11-/m0/s1. The fourth-order valence-electron chi connectivity index (χ4n) is 1.91. The van der Waals surface area contributed by atoms with E-state index in [-0.39, 0.29) is 5.97 Å². The third-order valence-corrected chi connectivity index (χ3v) is 4.21. The lowest BCUT2D eigenvalue weighted by Gasteiger charge is -2.19. The fourth-order valence-corrected chi connectivity index (χ4v) is 3.16. The van der Waals surface area contributed by atoms with E-state index in [2.05, 4.69) is 14.8 Å². The van der Waals surface area contributed by atoms with E-state index in [1.54, 1.807) is 0 Å². The molecule has 2 amide bonds. The van der Waals surface area contributed by atoms with Crippen LogP contribution in [0.25, 0.3) is 0 Å². The molecular weight excluding hydrogens is 312 g/mol. The van der Waals surface area contributed by atoms with Gasteiger partial charge >= 0.3 is 18.2 Å². The molecule has 0 spiro atoms. The van der Waals surface area contributed by atoms with Crippen molar-refractivity contribution >= 4 is 29.9 Å². The van der Waals surface area contributed by atoms with Crippen molar-refractivity contribution in [3.8, 4) is 0 Å². The summed E-state index contributed by atoms with van der Waals surface area (Å²) in [4.78, 5) is 34.1. The summed E-state index contributed by atoms with van der Waals surface area (Å²) >= 11 is 1.46. The van der Waals surface area contributed by atoms with E-state index >= 15 is 0 Å². The van der Waals surface area contributed by atoms with Crippen LogP contribution >= 0.6 is 11.8 Å². The van der Waals surface area contributed by atoms with Crippen molar-refractivity contribution in [3.63, 3.8) is 0 Å². The Kier molecular flexibility index (Phi) is 7.58. The molecule has 0 aromatic rings. The molecule has 0 aliphatic carbocycles. The SMILES string of the molecule is COC(=O)CCC/C=C1\SC[C@H](NC(N)=O)[C@@H]1OC(=O)OC. The van der Waals surface area contributed by atoms with Gasteiger partial charge in [0.2, 0.25) is 0 Å². The van der Waals surface area contributed by atoms with Crippen molar-refractivity contribution in [1.82, 2.24) is 5.32 Å². The van der Waals surface area contributed by atoms with Gasteiger partial charge in [0.1, 0.15) is 0 Å². The van der Waals surface area contributed by atoms with Crippen LogP contribution in [0, 0.1) is 0 Å². The molecule has 1 saturated heterocycles. The highest BCUT2D eigenvalue weighted by Crippen LogP contribution is 2.34. The molecule has 0 aromatic heterocycles. The Hall–Kier alpha value is -1.90. The van der Waals surface area contributed by atoms with E-state index in [4.69, 9.17) is 10.5 Å². The number of amides is 2. The van der Waals surface area contributed by atoms with Crippen LogP contribution in [0.4, 0.5) is 9.59 Å². The summed E-state index contributed by atoms with van der Waals surface area (Å²) < 4.78 is 14.2. The molecule has 124 valence electrons. The number of rotatable bonds is 6. The number of esters is 1. The lowest BCUT2D eigenvalue weighted by molar-refractivity contribution is -0.140. The zero-order valence-corrected chi connectivity index (χ0v) is 13.3. The molecule has 0 unspecified atom stereocenters. The number of thioether (sulfide) groups is 1. The van der Waals surface area contributed by atoms with Gasteiger partial charge in [-0.25, -0.2) is 9.59 Å². The number of carbonyl (C=O) groups excluding carboxylic acids is 3. The van der Waals surface area contributed by atoms with Gasteiger partial charge in [0.05, 0.1) is 20.3 Å². The number of primary amides is 1. The Morgan fingerprint density at radius 2 is 2.09 bits per heavy atom. The Morgan fingerprint density at radius 1 is 1.36 bits per heavy atom. The quantitative estimate of drug-likeness (QED) is 0.553. The monoisotopic (exact) mass is 332 g/mol. The molecule has 0 radical (unpaired) electrons. The molecule has 0 aromatic carbocycles. The lowest BCUT2D eigenvalue weighted by atomic mass is 10.1. The van der Waals surface area contributed by atoms with Gasteiger partial charge in [-0.15, -0.1) is 11.8 Å². The van der Waals surface area contributed by atoms with Crippen molar-refractivity contribution in [2.24, 2.45) is 5.73 Å². The van der Waals surface area contributed by atoms with Gasteiger partial charge in [-0.3, -0.25) is 4.79 Å². The number of methoxy groups -OCH3 is 2. The van der Waals surface area contributed by atoms with Gasteiger partial charge in [0.15, 0.2) is 6.10 Å². The molecule has 22 heavy (non-hydrogen) atoms. The molecule has 2 atom stereocenters. The summed E-state index contributed by atoms with van der Waals surface area (Å²) in [6, 6.07) is -1.09. The topological polar surface area (TPSA) is 117 Å². The normalized spacial score (nSPS) is 22.2. The number of unbranched alkanes of at least 4 members (excludes halogenated alkanes) is 1. The zero-order valence-electron chi connectivity index (χ0n) is 12.5. The predicted molar refractivity (Wildman–Crippen MR) is 80.2 cm³/mol. The molecule has 1 aliphatic heterocycles. The first kappa shape index (κ1) is 18.1. The second-order valence-corrected chi connectivity index (χ2v) is 5.59. The maximum absolute atomic E-state index is 11.3. The maximum Gasteiger partial charge on any atom is 0.508 e. The fraction of sp³-hybridized carbons (Fsp3) is 0.615. The summed E-state index contributed by atoms with van der Waals surface area (Å²) in [5.74, 6) is 0.265. The number of ether oxygens (including phenoxy) is 3. The molecule has 1 heterocycles. The van der Waals surface area contributed by atoms with Crippen LogP contribution in [0.5, 0.6) is 0 Å². The number of nitrogens with one attached hydrogen (secondary N) is 1.